The van der Waals surface area contributed by atoms with Gasteiger partial charge in [-0.1, -0.05) is 30.3 Å². The largest absolute Gasteiger partial charge is 0.447 e. The lowest BCUT2D eigenvalue weighted by atomic mass is 10.0. The van der Waals surface area contributed by atoms with Crippen molar-refractivity contribution in [3.05, 3.63) is 47.5 Å². The standard InChI is InChI=1S/C15H17NO3/c1-3-6-14(17)16-13(10-19-15(16)18)9-12-8-5-4-7-11(12)2/h3-8,13H,9-10H2,1-2H3/b6-3+/t13-/m0/s1. The minimum atomic E-state index is -0.554. The van der Waals surface area contributed by atoms with Crippen molar-refractivity contribution in [2.75, 3.05) is 6.61 Å². The van der Waals surface area contributed by atoms with Gasteiger partial charge < -0.3 is 4.74 Å². The number of carbonyl (C=O) groups excluding carboxylic acids is 2. The number of carbonyl (C=O) groups is 2. The molecular formula is C15H17NO3. The van der Waals surface area contributed by atoms with Crippen LogP contribution in [0.3, 0.4) is 0 Å². The van der Waals surface area contributed by atoms with Gasteiger partial charge in [0.05, 0.1) is 6.04 Å². The molecule has 4 heteroatoms. The average molecular weight is 259 g/mol. The van der Waals surface area contributed by atoms with Crippen molar-refractivity contribution in [3.63, 3.8) is 0 Å². The topological polar surface area (TPSA) is 46.6 Å². The Morgan fingerprint density at radius 3 is 2.89 bits per heavy atom. The van der Waals surface area contributed by atoms with Crippen molar-refractivity contribution >= 4 is 12.0 Å². The highest BCUT2D eigenvalue weighted by Crippen LogP contribution is 2.19. The molecular weight excluding hydrogens is 242 g/mol. The summed E-state index contributed by atoms with van der Waals surface area (Å²) in [6.07, 6.45) is 3.08. The SMILES string of the molecule is C/C=C/C(=O)N1C(=O)OC[C@@H]1Cc1ccccc1C. The second kappa shape index (κ2) is 5.69. The van der Waals surface area contributed by atoms with Crippen LogP contribution >= 0.6 is 0 Å². The van der Waals surface area contributed by atoms with E-state index < -0.39 is 6.09 Å². The van der Waals surface area contributed by atoms with Crippen LogP contribution in [0.5, 0.6) is 0 Å². The Labute approximate surface area is 112 Å². The fourth-order valence-corrected chi connectivity index (χ4v) is 2.20. The van der Waals surface area contributed by atoms with Crippen LogP contribution in [0.15, 0.2) is 36.4 Å². The first kappa shape index (κ1) is 13.3. The Balaban J connectivity index is 2.17. The van der Waals surface area contributed by atoms with Crippen molar-refractivity contribution < 1.29 is 14.3 Å². The fourth-order valence-electron chi connectivity index (χ4n) is 2.20. The molecule has 1 aliphatic rings. The molecule has 1 fully saturated rings. The van der Waals surface area contributed by atoms with Gasteiger partial charge in [-0.05, 0) is 37.5 Å². The van der Waals surface area contributed by atoms with Crippen molar-refractivity contribution in [1.82, 2.24) is 4.90 Å². The monoisotopic (exact) mass is 259 g/mol. The number of amides is 2. The molecule has 1 atom stereocenters. The minimum Gasteiger partial charge on any atom is -0.447 e. The molecule has 0 bridgehead atoms. The summed E-state index contributed by atoms with van der Waals surface area (Å²) in [6, 6.07) is 7.73. The number of nitrogens with zero attached hydrogens (tertiary/aromatic N) is 1. The number of imide groups is 1. The number of benzene rings is 1. The molecule has 0 radical (unpaired) electrons. The van der Waals surface area contributed by atoms with Crippen molar-refractivity contribution in [2.24, 2.45) is 0 Å². The number of aryl methyl sites for hydroxylation is 1. The summed E-state index contributed by atoms with van der Waals surface area (Å²) < 4.78 is 4.99. The van der Waals surface area contributed by atoms with E-state index in [9.17, 15) is 9.59 Å². The summed E-state index contributed by atoms with van der Waals surface area (Å²) in [4.78, 5) is 24.7. The minimum absolute atomic E-state index is 0.225. The zero-order valence-electron chi connectivity index (χ0n) is 11.1. The lowest BCUT2D eigenvalue weighted by molar-refractivity contribution is -0.124. The Morgan fingerprint density at radius 2 is 2.21 bits per heavy atom. The van der Waals surface area contributed by atoms with Gasteiger partial charge in [-0.3, -0.25) is 4.79 Å². The third-order valence-electron chi connectivity index (χ3n) is 3.22. The van der Waals surface area contributed by atoms with Crippen LogP contribution in [-0.4, -0.2) is 29.5 Å². The Kier molecular flexibility index (Phi) is 4.00. The molecule has 19 heavy (non-hydrogen) atoms. The van der Waals surface area contributed by atoms with Crippen molar-refractivity contribution in [2.45, 2.75) is 26.3 Å². The van der Waals surface area contributed by atoms with Crippen LogP contribution < -0.4 is 0 Å². The van der Waals surface area contributed by atoms with Gasteiger partial charge >= 0.3 is 6.09 Å². The highest BCUT2D eigenvalue weighted by atomic mass is 16.6. The van der Waals surface area contributed by atoms with Gasteiger partial charge in [0.2, 0.25) is 0 Å². The molecule has 4 nitrogen and oxygen atoms in total. The molecule has 1 aromatic rings. The molecule has 1 aliphatic heterocycles. The van der Waals surface area contributed by atoms with E-state index in [0.29, 0.717) is 6.42 Å². The maximum absolute atomic E-state index is 11.9. The molecule has 1 heterocycles. The fraction of sp³-hybridized carbons (Fsp3) is 0.333. The molecule has 0 spiro atoms. The summed E-state index contributed by atoms with van der Waals surface area (Å²) in [5, 5.41) is 0. The zero-order chi connectivity index (χ0) is 13.8. The number of rotatable bonds is 3. The maximum Gasteiger partial charge on any atom is 0.417 e. The molecule has 0 saturated carbocycles. The predicted octanol–water partition coefficient (Wildman–Crippen LogP) is 2.46. The molecule has 0 unspecified atom stereocenters. The third-order valence-corrected chi connectivity index (χ3v) is 3.22. The number of allylic oxidation sites excluding steroid dienone is 1. The predicted molar refractivity (Wildman–Crippen MR) is 71.7 cm³/mol. The lowest BCUT2D eigenvalue weighted by Crippen LogP contribution is -2.39. The van der Waals surface area contributed by atoms with Gasteiger partial charge in [0.25, 0.3) is 5.91 Å². The third kappa shape index (κ3) is 2.84. The van der Waals surface area contributed by atoms with Crippen molar-refractivity contribution in [1.29, 1.82) is 0 Å². The Hall–Kier alpha value is -2.10. The molecule has 1 saturated heterocycles. The second-order valence-electron chi connectivity index (χ2n) is 4.57. The smallest absolute Gasteiger partial charge is 0.417 e. The Bertz CT molecular complexity index is 522. The molecule has 0 aliphatic carbocycles. The number of hydrogen-bond acceptors (Lipinski definition) is 3. The van der Waals surface area contributed by atoms with E-state index in [1.165, 1.54) is 11.0 Å². The number of ether oxygens (including phenoxy) is 1. The van der Waals surface area contributed by atoms with E-state index in [0.717, 1.165) is 11.1 Å². The van der Waals surface area contributed by atoms with E-state index >= 15 is 0 Å². The molecule has 2 rings (SSSR count). The van der Waals surface area contributed by atoms with E-state index in [1.807, 2.05) is 31.2 Å². The van der Waals surface area contributed by atoms with E-state index in [4.69, 9.17) is 4.74 Å². The molecule has 2 amide bonds. The second-order valence-corrected chi connectivity index (χ2v) is 4.57. The van der Waals surface area contributed by atoms with Gasteiger partial charge in [-0.15, -0.1) is 0 Å². The quantitative estimate of drug-likeness (QED) is 0.783. The first-order valence-electron chi connectivity index (χ1n) is 6.30. The molecule has 100 valence electrons. The van der Waals surface area contributed by atoms with Crippen LogP contribution in [-0.2, 0) is 16.0 Å². The van der Waals surface area contributed by atoms with Crippen LogP contribution in [0.1, 0.15) is 18.1 Å². The van der Waals surface area contributed by atoms with Gasteiger partial charge in [0, 0.05) is 0 Å². The van der Waals surface area contributed by atoms with Gasteiger partial charge in [0.1, 0.15) is 6.61 Å². The average Bonchev–Trinajstić information content (AvgIpc) is 2.74. The maximum atomic E-state index is 11.9. The van der Waals surface area contributed by atoms with E-state index in [1.54, 1.807) is 13.0 Å². The highest BCUT2D eigenvalue weighted by molar-refractivity contribution is 5.99. The first-order valence-corrected chi connectivity index (χ1v) is 6.30. The van der Waals surface area contributed by atoms with Crippen molar-refractivity contribution in [3.8, 4) is 0 Å². The molecule has 0 aromatic heterocycles. The summed E-state index contributed by atoms with van der Waals surface area (Å²) in [7, 11) is 0. The van der Waals surface area contributed by atoms with Crippen LogP contribution in [0.4, 0.5) is 4.79 Å². The van der Waals surface area contributed by atoms with Crippen LogP contribution in [0.2, 0.25) is 0 Å². The summed E-state index contributed by atoms with van der Waals surface area (Å²) in [5.74, 6) is -0.316. The summed E-state index contributed by atoms with van der Waals surface area (Å²) in [6.45, 7) is 4.02. The summed E-state index contributed by atoms with van der Waals surface area (Å²) >= 11 is 0. The van der Waals surface area contributed by atoms with Gasteiger partial charge in [-0.2, -0.15) is 0 Å². The molecule has 0 N–H and O–H groups in total. The lowest BCUT2D eigenvalue weighted by Gasteiger charge is -2.18. The van der Waals surface area contributed by atoms with Crippen LogP contribution in [0.25, 0.3) is 0 Å². The normalized spacial score (nSPS) is 18.9. The summed E-state index contributed by atoms with van der Waals surface area (Å²) in [5.41, 5.74) is 2.28. The van der Waals surface area contributed by atoms with Gasteiger partial charge in [0.15, 0.2) is 0 Å². The van der Waals surface area contributed by atoms with Crippen LogP contribution in [0, 0.1) is 6.92 Å². The Morgan fingerprint density at radius 1 is 1.47 bits per heavy atom. The van der Waals surface area contributed by atoms with E-state index in [-0.39, 0.29) is 18.6 Å². The zero-order valence-corrected chi connectivity index (χ0v) is 11.1. The number of cyclic esters (lactones) is 1. The van der Waals surface area contributed by atoms with E-state index in [2.05, 4.69) is 0 Å². The molecule has 1 aromatic carbocycles. The highest BCUT2D eigenvalue weighted by Gasteiger charge is 2.36. The number of hydrogen-bond donors (Lipinski definition) is 0. The first-order chi connectivity index (χ1) is 9.13. The van der Waals surface area contributed by atoms with Gasteiger partial charge in [-0.25, -0.2) is 9.69 Å².